The van der Waals surface area contributed by atoms with Crippen molar-refractivity contribution in [2.24, 2.45) is 25.5 Å². The van der Waals surface area contributed by atoms with Crippen molar-refractivity contribution in [3.05, 3.63) is 288 Å². The highest BCUT2D eigenvalue weighted by molar-refractivity contribution is 7.14. The van der Waals surface area contributed by atoms with Crippen molar-refractivity contribution in [1.82, 2.24) is 15.0 Å². The van der Waals surface area contributed by atoms with Gasteiger partial charge < -0.3 is 14.2 Å². The minimum Gasteiger partial charge on any atom is -0.412 e. The summed E-state index contributed by atoms with van der Waals surface area (Å²) in [5.74, 6) is -0.0470. The molecule has 12 aromatic rings. The molecule has 492 valence electrons. The van der Waals surface area contributed by atoms with Crippen LogP contribution in [0.15, 0.2) is 266 Å². The largest absolute Gasteiger partial charge is 0.412 e. The Labute approximate surface area is 574 Å². The van der Waals surface area contributed by atoms with Crippen LogP contribution in [0, 0.1) is 30.3 Å². The van der Waals surface area contributed by atoms with Gasteiger partial charge in [-0.2, -0.15) is 10.2 Å². The predicted octanol–water partition coefficient (Wildman–Crippen LogP) is 16.8. The second-order valence-corrected chi connectivity index (χ2v) is 23.0. The number of azo groups is 1. The molecule has 0 saturated heterocycles. The molecule has 0 fully saturated rings. The molecule has 12 rings (SSSR count). The number of benzene rings is 9. The molecule has 0 aliphatic rings. The first-order valence-corrected chi connectivity index (χ1v) is 32.1. The zero-order valence-electron chi connectivity index (χ0n) is 51.5. The lowest BCUT2D eigenvalue weighted by Gasteiger charge is -2.05. The molecule has 0 aliphatic heterocycles. The summed E-state index contributed by atoms with van der Waals surface area (Å²) in [6, 6.07) is 67.9. The summed E-state index contributed by atoms with van der Waals surface area (Å²) in [7, 11) is 0. The van der Waals surface area contributed by atoms with Gasteiger partial charge in [-0.05, 0) is 52.2 Å². The predicted molar refractivity (Wildman–Crippen MR) is 381 cm³/mol. The first kappa shape index (κ1) is 68.6. The van der Waals surface area contributed by atoms with E-state index in [9.17, 15) is 44.7 Å². The summed E-state index contributed by atoms with van der Waals surface area (Å²) in [5.41, 5.74) is 18.0. The standard InChI is InChI=1S/C24H18N6O4S.C24H18N4O4S.C22H16N4O4S/c31-16-34-23(14-18-6-4-5-9-22(18)30(32)33)28-29-24-25-21(15-35-24)17-10-12-20(13-11-17)27-26-19-7-2-1-3-8-19;29-16-32-23(14-20-8-4-5-9-22(20)28(30)31)26-27-24-25-21(15-33-24)19-12-10-18(11-13-19)17-6-2-1-3-7-17;27-14-30-21(12-18-7-3-4-8-20(18)26(28)29)24-25-22-23-19(13-31-22)17-10-9-15-5-1-2-6-16(15)11-17/h1-13,15-16H,14H2,(H,25,29);1-13,15-16H,14H2,(H,25,27);1-11,13-14H,12H2,(H,23,25)/b27-26?,28-23+;26-23+;24-21+. The third-order valence-electron chi connectivity index (χ3n) is 14.0. The van der Waals surface area contributed by atoms with Crippen molar-refractivity contribution >= 4 is 126 Å². The quantitative estimate of drug-likeness (QED) is 0.00962. The van der Waals surface area contributed by atoms with Gasteiger partial charge >= 0.3 is 0 Å². The number of carbonyl (C=O) groups is 3. The van der Waals surface area contributed by atoms with Gasteiger partial charge in [-0.3, -0.25) is 44.7 Å². The number of hydrazone groups is 3. The Hall–Kier alpha value is -13.3. The topological polar surface area (TPSA) is 345 Å². The summed E-state index contributed by atoms with van der Waals surface area (Å²) in [5, 5.41) is 63.6. The minimum absolute atomic E-state index is 0.00763. The second-order valence-electron chi connectivity index (χ2n) is 20.4. The molecule has 0 aliphatic carbocycles. The molecule has 3 N–H and O–H groups in total. The zero-order chi connectivity index (χ0) is 69.1. The molecular weight excluding hydrogens is 1330 g/mol. The number of hydrogen-bond acceptors (Lipinski definition) is 26. The van der Waals surface area contributed by atoms with Crippen LogP contribution in [0.4, 0.5) is 43.8 Å². The van der Waals surface area contributed by atoms with E-state index in [2.05, 4.69) is 75.0 Å². The number of rotatable bonds is 24. The molecule has 9 aromatic carbocycles. The van der Waals surface area contributed by atoms with Crippen molar-refractivity contribution in [3.63, 3.8) is 0 Å². The Bertz CT molecular complexity index is 4920. The molecule has 0 radical (unpaired) electrons. The monoisotopic (exact) mass is 1380 g/mol. The van der Waals surface area contributed by atoms with Crippen LogP contribution in [-0.2, 0) is 47.9 Å². The fourth-order valence-corrected chi connectivity index (χ4v) is 11.3. The highest BCUT2D eigenvalue weighted by Gasteiger charge is 2.20. The molecular formula is C70H52N14O12S3. The Balaban J connectivity index is 0.000000161. The molecule has 0 amide bonds. The highest BCUT2D eigenvalue weighted by Crippen LogP contribution is 2.32. The van der Waals surface area contributed by atoms with Gasteiger partial charge in [0.25, 0.3) is 36.5 Å². The molecule has 26 nitrogen and oxygen atoms in total. The average Bonchev–Trinajstić information content (AvgIpc) is 1.78. The summed E-state index contributed by atoms with van der Waals surface area (Å²) in [6.45, 7) is 0.688. The van der Waals surface area contributed by atoms with Gasteiger partial charge in [0.15, 0.2) is 0 Å². The SMILES string of the molecule is O=CO/C(Cc1ccccc1[N+](=O)[O-])=N/Nc1nc(-c2ccc(-c3ccccc3)cc2)cs1.O=CO/C(Cc1ccccc1[N+](=O)[O-])=N/Nc1nc(-c2ccc(N=Nc3ccccc3)cc2)cs1.O=CO/C(Cc1ccccc1[N+](=O)[O-])=N/Nc1nc(-c2ccc3ccccc3c2)cs1. The highest BCUT2D eigenvalue weighted by atomic mass is 32.1. The van der Waals surface area contributed by atoms with Gasteiger partial charge in [0.1, 0.15) is 0 Å². The van der Waals surface area contributed by atoms with Crippen LogP contribution < -0.4 is 16.3 Å². The maximum absolute atomic E-state index is 11.2. The van der Waals surface area contributed by atoms with Crippen LogP contribution in [0.25, 0.3) is 55.7 Å². The number of ether oxygens (including phenoxy) is 3. The number of para-hydroxylation sites is 3. The smallest absolute Gasteiger partial charge is 0.299 e. The zero-order valence-corrected chi connectivity index (χ0v) is 53.9. The van der Waals surface area contributed by atoms with Crippen molar-refractivity contribution < 1.29 is 43.4 Å². The Kier molecular flexibility index (Phi) is 24.1. The maximum atomic E-state index is 11.2. The first-order chi connectivity index (χ1) is 48.4. The second kappa shape index (κ2) is 34.8. The van der Waals surface area contributed by atoms with E-state index >= 15 is 0 Å². The van der Waals surface area contributed by atoms with Crippen molar-refractivity contribution in [2.45, 2.75) is 19.3 Å². The van der Waals surface area contributed by atoms with Gasteiger partial charge in [0, 0.05) is 67.7 Å². The van der Waals surface area contributed by atoms with Gasteiger partial charge in [-0.1, -0.05) is 176 Å². The van der Waals surface area contributed by atoms with Crippen LogP contribution in [0.1, 0.15) is 16.7 Å². The number of hydrogen-bond donors (Lipinski definition) is 3. The number of carbonyl (C=O) groups excluding carboxylic acids is 3. The molecule has 29 heteroatoms. The fourth-order valence-electron chi connectivity index (χ4n) is 9.32. The van der Waals surface area contributed by atoms with E-state index in [1.165, 1.54) is 52.2 Å². The molecule has 0 bridgehead atoms. The van der Waals surface area contributed by atoms with Gasteiger partial charge in [0.05, 0.1) is 62.5 Å². The van der Waals surface area contributed by atoms with E-state index in [4.69, 9.17) is 14.2 Å². The van der Waals surface area contributed by atoms with Crippen molar-refractivity contribution in [1.29, 1.82) is 0 Å². The molecule has 0 unspecified atom stereocenters. The normalized spacial score (nSPS) is 11.3. The summed E-state index contributed by atoms with van der Waals surface area (Å²) < 4.78 is 14.7. The van der Waals surface area contributed by atoms with Crippen molar-refractivity contribution in [2.75, 3.05) is 16.3 Å². The van der Waals surface area contributed by atoms with E-state index in [1.807, 2.05) is 150 Å². The third kappa shape index (κ3) is 19.7. The van der Waals surface area contributed by atoms with E-state index in [-0.39, 0.29) is 73.4 Å². The number of thiazole rings is 3. The van der Waals surface area contributed by atoms with Crippen LogP contribution in [-0.4, -0.2) is 66.8 Å². The summed E-state index contributed by atoms with van der Waals surface area (Å²) >= 11 is 3.99. The maximum Gasteiger partial charge on any atom is 0.299 e. The molecule has 0 atom stereocenters. The number of nitrogens with zero attached hydrogens (tertiary/aromatic N) is 11. The van der Waals surface area contributed by atoms with E-state index in [0.29, 0.717) is 37.8 Å². The number of nitro groups is 3. The van der Waals surface area contributed by atoms with Gasteiger partial charge in [-0.25, -0.2) is 31.2 Å². The number of aromatic nitrogens is 3. The van der Waals surface area contributed by atoms with Crippen molar-refractivity contribution in [3.8, 4) is 44.9 Å². The van der Waals surface area contributed by atoms with Crippen LogP contribution >= 0.6 is 34.0 Å². The molecule has 99 heavy (non-hydrogen) atoms. The molecule has 3 heterocycles. The van der Waals surface area contributed by atoms with Crippen LogP contribution in [0.5, 0.6) is 0 Å². The molecule has 0 saturated carbocycles. The minimum atomic E-state index is -0.497. The number of fused-ring (bicyclic) bond motifs is 1. The van der Waals surface area contributed by atoms with Crippen LogP contribution in [0.3, 0.4) is 0 Å². The average molecular weight is 1380 g/mol. The Morgan fingerprint density at radius 1 is 0.374 bits per heavy atom. The molecule has 0 spiro atoms. The first-order valence-electron chi connectivity index (χ1n) is 29.4. The lowest BCUT2D eigenvalue weighted by atomic mass is 10.0. The summed E-state index contributed by atoms with van der Waals surface area (Å²) in [4.78, 5) is 78.3. The van der Waals surface area contributed by atoms with Gasteiger partial charge in [0.2, 0.25) is 33.1 Å². The number of nitro benzene ring substituents is 3. The third-order valence-corrected chi connectivity index (χ3v) is 16.3. The van der Waals surface area contributed by atoms with E-state index < -0.39 is 14.8 Å². The lowest BCUT2D eigenvalue weighted by molar-refractivity contribution is -0.385. The Morgan fingerprint density at radius 3 is 1.11 bits per heavy atom. The van der Waals surface area contributed by atoms with E-state index in [1.54, 1.807) is 54.6 Å². The fraction of sp³-hybridized carbons (Fsp3) is 0.0429. The Morgan fingerprint density at radius 2 is 0.697 bits per heavy atom. The van der Waals surface area contributed by atoms with E-state index in [0.717, 1.165) is 61.4 Å². The van der Waals surface area contributed by atoms with Crippen LogP contribution in [0.2, 0.25) is 0 Å². The summed E-state index contributed by atoms with van der Waals surface area (Å²) in [6.07, 6.45) is -0.0893. The van der Waals surface area contributed by atoms with Gasteiger partial charge in [-0.15, -0.1) is 49.3 Å². The lowest BCUT2D eigenvalue weighted by Crippen LogP contribution is -2.11. The molecule has 3 aromatic heterocycles. The number of anilines is 3. The number of nitrogens with one attached hydrogen (secondary N) is 3.